The Balaban J connectivity index is 1.51. The molecule has 0 bridgehead atoms. The molecule has 1 N–H and O–H groups in total. The smallest absolute Gasteiger partial charge is 0.146 e. The van der Waals surface area contributed by atoms with Crippen LogP contribution in [0.4, 0.5) is 0 Å². The molecule has 0 aliphatic carbocycles. The second-order valence-corrected chi connectivity index (χ2v) is 5.47. The lowest BCUT2D eigenvalue weighted by molar-refractivity contribution is 0.0696. The predicted octanol–water partition coefficient (Wildman–Crippen LogP) is 1.79. The van der Waals surface area contributed by atoms with Gasteiger partial charge in [0.05, 0.1) is 13.2 Å². The third-order valence-corrected chi connectivity index (χ3v) is 3.89. The van der Waals surface area contributed by atoms with Crippen molar-refractivity contribution in [2.45, 2.75) is 38.4 Å². The van der Waals surface area contributed by atoms with Crippen molar-refractivity contribution in [1.29, 1.82) is 0 Å². The minimum atomic E-state index is 0.443. The monoisotopic (exact) mass is 286 g/mol. The Morgan fingerprint density at radius 3 is 3.00 bits per heavy atom. The molecule has 1 aromatic heterocycles. The van der Waals surface area contributed by atoms with E-state index >= 15 is 0 Å². The van der Waals surface area contributed by atoms with E-state index in [-0.39, 0.29) is 0 Å². The third-order valence-electron chi connectivity index (χ3n) is 3.89. The summed E-state index contributed by atoms with van der Waals surface area (Å²) in [6, 6.07) is 10.9. The van der Waals surface area contributed by atoms with Gasteiger partial charge in [0.1, 0.15) is 12.2 Å². The van der Waals surface area contributed by atoms with E-state index in [0.717, 1.165) is 45.0 Å². The van der Waals surface area contributed by atoms with Crippen LogP contribution in [0.3, 0.4) is 0 Å². The van der Waals surface area contributed by atoms with E-state index in [0.29, 0.717) is 6.04 Å². The summed E-state index contributed by atoms with van der Waals surface area (Å²) < 4.78 is 7.61. The molecule has 2 aromatic rings. The number of aromatic nitrogens is 3. The van der Waals surface area contributed by atoms with Gasteiger partial charge in [-0.3, -0.25) is 0 Å². The van der Waals surface area contributed by atoms with Gasteiger partial charge in [0.15, 0.2) is 0 Å². The van der Waals surface area contributed by atoms with Crippen molar-refractivity contribution >= 4 is 0 Å². The number of ether oxygens (including phenoxy) is 1. The largest absolute Gasteiger partial charge is 0.380 e. The zero-order chi connectivity index (χ0) is 14.3. The molecule has 0 saturated carbocycles. The second kappa shape index (κ2) is 7.33. The quantitative estimate of drug-likeness (QED) is 0.879. The summed E-state index contributed by atoms with van der Waals surface area (Å²) in [7, 11) is 0. The molecule has 5 heteroatoms. The van der Waals surface area contributed by atoms with Crippen molar-refractivity contribution in [1.82, 2.24) is 20.1 Å². The zero-order valence-electron chi connectivity index (χ0n) is 12.2. The maximum atomic E-state index is 5.48. The van der Waals surface area contributed by atoms with Crippen molar-refractivity contribution in [3.8, 4) is 0 Å². The molecule has 0 radical (unpaired) electrons. The lowest BCUT2D eigenvalue weighted by atomic mass is 10.1. The first-order valence-corrected chi connectivity index (χ1v) is 7.63. The Labute approximate surface area is 125 Å². The molecular formula is C16H22N4O. The number of nitrogens with one attached hydrogen (secondary N) is 1. The van der Waals surface area contributed by atoms with Crippen molar-refractivity contribution < 1.29 is 4.74 Å². The number of nitrogens with zero attached hydrogens (tertiary/aromatic N) is 3. The molecule has 0 amide bonds. The van der Waals surface area contributed by atoms with Crippen LogP contribution >= 0.6 is 0 Å². The third kappa shape index (κ3) is 4.12. The minimum absolute atomic E-state index is 0.443. The molecule has 1 fully saturated rings. The van der Waals surface area contributed by atoms with Gasteiger partial charge in [-0.05, 0) is 24.8 Å². The molecule has 1 saturated heterocycles. The maximum Gasteiger partial charge on any atom is 0.146 e. The highest BCUT2D eigenvalue weighted by molar-refractivity contribution is 5.14. The Morgan fingerprint density at radius 1 is 1.29 bits per heavy atom. The maximum absolute atomic E-state index is 5.48. The Hall–Kier alpha value is -1.72. The standard InChI is InChI=1S/C16H22N4O/c1-2-5-14(6-3-1)8-9-20-13-18-19-16(20)11-17-15-7-4-10-21-12-15/h1-3,5-6,13,15,17H,4,7-12H2. The van der Waals surface area contributed by atoms with Crippen LogP contribution < -0.4 is 5.32 Å². The highest BCUT2D eigenvalue weighted by Crippen LogP contribution is 2.07. The summed E-state index contributed by atoms with van der Waals surface area (Å²) in [6.45, 7) is 3.36. The van der Waals surface area contributed by atoms with Crippen LogP contribution in [0.2, 0.25) is 0 Å². The van der Waals surface area contributed by atoms with Gasteiger partial charge in [-0.2, -0.15) is 0 Å². The lowest BCUT2D eigenvalue weighted by Crippen LogP contribution is -2.36. The van der Waals surface area contributed by atoms with Crippen molar-refractivity contribution in [2.75, 3.05) is 13.2 Å². The summed E-state index contributed by atoms with van der Waals surface area (Å²) in [5.74, 6) is 0.997. The predicted molar refractivity (Wildman–Crippen MR) is 80.8 cm³/mol. The van der Waals surface area contributed by atoms with E-state index in [1.54, 1.807) is 0 Å². The Morgan fingerprint density at radius 2 is 2.19 bits per heavy atom. The first-order chi connectivity index (χ1) is 10.4. The van der Waals surface area contributed by atoms with Crippen molar-refractivity contribution in [3.63, 3.8) is 0 Å². The summed E-state index contributed by atoms with van der Waals surface area (Å²) in [5.41, 5.74) is 1.34. The van der Waals surface area contributed by atoms with E-state index in [1.165, 1.54) is 12.0 Å². The van der Waals surface area contributed by atoms with E-state index in [1.807, 2.05) is 12.4 Å². The van der Waals surface area contributed by atoms with Gasteiger partial charge in [0.25, 0.3) is 0 Å². The fraction of sp³-hybridized carbons (Fsp3) is 0.500. The van der Waals surface area contributed by atoms with Crippen molar-refractivity contribution in [3.05, 3.63) is 48.0 Å². The first kappa shape index (κ1) is 14.2. The molecule has 3 rings (SSSR count). The first-order valence-electron chi connectivity index (χ1n) is 7.63. The van der Waals surface area contributed by atoms with Gasteiger partial charge in [-0.1, -0.05) is 30.3 Å². The van der Waals surface area contributed by atoms with E-state index < -0.39 is 0 Å². The molecular weight excluding hydrogens is 264 g/mol. The van der Waals surface area contributed by atoms with Crippen LogP contribution in [0, 0.1) is 0 Å². The van der Waals surface area contributed by atoms with Gasteiger partial charge >= 0.3 is 0 Å². The van der Waals surface area contributed by atoms with Crippen LogP contribution in [0.5, 0.6) is 0 Å². The normalized spacial score (nSPS) is 18.8. The number of aryl methyl sites for hydroxylation is 2. The zero-order valence-corrected chi connectivity index (χ0v) is 12.2. The van der Waals surface area contributed by atoms with Gasteiger partial charge in [-0.15, -0.1) is 10.2 Å². The molecule has 1 aromatic carbocycles. The van der Waals surface area contributed by atoms with Gasteiger partial charge in [0, 0.05) is 19.2 Å². The number of hydrogen-bond donors (Lipinski definition) is 1. The highest BCUT2D eigenvalue weighted by Gasteiger charge is 2.14. The molecule has 1 unspecified atom stereocenters. The van der Waals surface area contributed by atoms with Crippen LogP contribution in [0.25, 0.3) is 0 Å². The fourth-order valence-corrected chi connectivity index (χ4v) is 2.63. The molecule has 2 heterocycles. The second-order valence-electron chi connectivity index (χ2n) is 5.47. The molecule has 112 valence electrons. The van der Waals surface area contributed by atoms with E-state index in [2.05, 4.69) is 44.3 Å². The summed E-state index contributed by atoms with van der Waals surface area (Å²) in [6.07, 6.45) is 5.13. The molecule has 0 spiro atoms. The number of benzene rings is 1. The molecule has 1 aliphatic rings. The van der Waals surface area contributed by atoms with Gasteiger partial charge < -0.3 is 14.6 Å². The van der Waals surface area contributed by atoms with Gasteiger partial charge in [0.2, 0.25) is 0 Å². The number of hydrogen-bond acceptors (Lipinski definition) is 4. The van der Waals surface area contributed by atoms with Crippen molar-refractivity contribution in [2.24, 2.45) is 0 Å². The van der Waals surface area contributed by atoms with E-state index in [9.17, 15) is 0 Å². The summed E-state index contributed by atoms with van der Waals surface area (Å²) >= 11 is 0. The SMILES string of the molecule is c1ccc(CCn2cnnc2CNC2CCCOC2)cc1. The number of rotatable bonds is 6. The van der Waals surface area contributed by atoms with Crippen LogP contribution in [0.1, 0.15) is 24.2 Å². The lowest BCUT2D eigenvalue weighted by Gasteiger charge is -2.23. The molecule has 21 heavy (non-hydrogen) atoms. The van der Waals surface area contributed by atoms with Crippen LogP contribution in [0.15, 0.2) is 36.7 Å². The van der Waals surface area contributed by atoms with Crippen LogP contribution in [-0.4, -0.2) is 34.0 Å². The minimum Gasteiger partial charge on any atom is -0.380 e. The topological polar surface area (TPSA) is 52.0 Å². The average molecular weight is 286 g/mol. The van der Waals surface area contributed by atoms with Gasteiger partial charge in [-0.25, -0.2) is 0 Å². The molecule has 1 atom stereocenters. The molecule has 5 nitrogen and oxygen atoms in total. The summed E-state index contributed by atoms with van der Waals surface area (Å²) in [4.78, 5) is 0. The fourth-order valence-electron chi connectivity index (χ4n) is 2.63. The molecule has 1 aliphatic heterocycles. The summed E-state index contributed by atoms with van der Waals surface area (Å²) in [5, 5.41) is 11.8. The van der Waals surface area contributed by atoms with Crippen LogP contribution in [-0.2, 0) is 24.2 Å². The van der Waals surface area contributed by atoms with E-state index in [4.69, 9.17) is 4.74 Å². The average Bonchev–Trinajstić information content (AvgIpc) is 3.00. The Bertz CT molecular complexity index is 534. The Kier molecular flexibility index (Phi) is 4.97. The highest BCUT2D eigenvalue weighted by atomic mass is 16.5.